The minimum Gasteiger partial charge on any atom is -0.497 e. The summed E-state index contributed by atoms with van der Waals surface area (Å²) in [5.74, 6) is 0.626. The first kappa shape index (κ1) is 14.2. The molecule has 2 aromatic rings. The van der Waals surface area contributed by atoms with E-state index >= 15 is 0 Å². The molecular weight excluding hydrogens is 282 g/mol. The minimum atomic E-state index is -0.112. The number of rotatable bonds is 4. The van der Waals surface area contributed by atoms with Crippen LogP contribution in [0.25, 0.3) is 10.1 Å². The van der Waals surface area contributed by atoms with Gasteiger partial charge in [-0.05, 0) is 31.5 Å². The maximum atomic E-state index is 12.1. The number of hydrogen-bond donors (Lipinski definition) is 1. The van der Waals surface area contributed by atoms with Crippen LogP contribution in [0.2, 0.25) is 5.02 Å². The van der Waals surface area contributed by atoms with Crippen molar-refractivity contribution < 1.29 is 9.53 Å². The summed E-state index contributed by atoms with van der Waals surface area (Å²) < 4.78 is 6.16. The lowest BCUT2D eigenvalue weighted by Crippen LogP contribution is -2.31. The Hall–Kier alpha value is -1.26. The summed E-state index contributed by atoms with van der Waals surface area (Å²) >= 11 is 7.71. The van der Waals surface area contributed by atoms with E-state index in [0.717, 1.165) is 22.3 Å². The zero-order valence-corrected chi connectivity index (χ0v) is 12.7. The third kappa shape index (κ3) is 2.85. The number of nitrogens with one attached hydrogen (secondary N) is 1. The van der Waals surface area contributed by atoms with Crippen molar-refractivity contribution >= 4 is 38.9 Å². The molecule has 0 aliphatic carbocycles. The molecule has 0 bridgehead atoms. The van der Waals surface area contributed by atoms with Gasteiger partial charge in [-0.3, -0.25) is 4.79 Å². The van der Waals surface area contributed by atoms with Gasteiger partial charge >= 0.3 is 0 Å². The SMILES string of the molecule is CCC(C)NC(=O)c1sc2ccc(OC)cc2c1Cl. The van der Waals surface area contributed by atoms with Crippen molar-refractivity contribution in [2.24, 2.45) is 0 Å². The quantitative estimate of drug-likeness (QED) is 0.923. The Morgan fingerprint density at radius 3 is 2.89 bits per heavy atom. The fraction of sp³-hybridized carbons (Fsp3) is 0.357. The van der Waals surface area contributed by atoms with Gasteiger partial charge in [0.05, 0.1) is 12.1 Å². The third-order valence-electron chi connectivity index (χ3n) is 3.03. The normalized spacial score (nSPS) is 12.4. The highest BCUT2D eigenvalue weighted by Gasteiger charge is 2.18. The lowest BCUT2D eigenvalue weighted by atomic mass is 10.2. The van der Waals surface area contributed by atoms with E-state index in [1.54, 1.807) is 7.11 Å². The van der Waals surface area contributed by atoms with Crippen molar-refractivity contribution in [1.29, 1.82) is 0 Å². The fourth-order valence-corrected chi connectivity index (χ4v) is 3.10. The summed E-state index contributed by atoms with van der Waals surface area (Å²) in [6, 6.07) is 5.79. The molecule has 3 nitrogen and oxygen atoms in total. The van der Waals surface area contributed by atoms with Gasteiger partial charge in [-0.2, -0.15) is 0 Å². The van der Waals surface area contributed by atoms with E-state index in [1.807, 2.05) is 32.0 Å². The second kappa shape index (κ2) is 5.80. The van der Waals surface area contributed by atoms with E-state index in [-0.39, 0.29) is 11.9 Å². The molecule has 1 N–H and O–H groups in total. The van der Waals surface area contributed by atoms with E-state index in [1.165, 1.54) is 11.3 Å². The molecule has 0 radical (unpaired) electrons. The van der Waals surface area contributed by atoms with Crippen molar-refractivity contribution in [3.05, 3.63) is 28.1 Å². The van der Waals surface area contributed by atoms with Gasteiger partial charge in [0.15, 0.2) is 0 Å². The van der Waals surface area contributed by atoms with Crippen molar-refractivity contribution in [2.75, 3.05) is 7.11 Å². The Morgan fingerprint density at radius 2 is 2.26 bits per heavy atom. The number of carbonyl (C=O) groups excluding carboxylic acids is 1. The number of thiophene rings is 1. The summed E-state index contributed by atoms with van der Waals surface area (Å²) in [6.07, 6.45) is 0.891. The van der Waals surface area contributed by atoms with Gasteiger partial charge in [0.2, 0.25) is 0 Å². The number of hydrogen-bond acceptors (Lipinski definition) is 3. The molecule has 1 unspecified atom stereocenters. The zero-order valence-electron chi connectivity index (χ0n) is 11.1. The van der Waals surface area contributed by atoms with Crippen molar-refractivity contribution in [3.8, 4) is 5.75 Å². The molecule has 1 heterocycles. The molecule has 1 amide bonds. The number of halogens is 1. The summed E-state index contributed by atoms with van der Waals surface area (Å²) in [7, 11) is 1.61. The van der Waals surface area contributed by atoms with E-state index < -0.39 is 0 Å². The Balaban J connectivity index is 2.39. The number of carbonyl (C=O) groups is 1. The van der Waals surface area contributed by atoms with Gasteiger partial charge in [0.25, 0.3) is 5.91 Å². The van der Waals surface area contributed by atoms with E-state index in [0.29, 0.717) is 9.90 Å². The molecule has 1 atom stereocenters. The average Bonchev–Trinajstić information content (AvgIpc) is 2.75. The summed E-state index contributed by atoms with van der Waals surface area (Å²) in [4.78, 5) is 12.7. The van der Waals surface area contributed by atoms with Gasteiger partial charge in [-0.1, -0.05) is 18.5 Å². The molecule has 5 heteroatoms. The Morgan fingerprint density at radius 1 is 1.53 bits per heavy atom. The molecule has 1 aromatic heterocycles. The van der Waals surface area contributed by atoms with Gasteiger partial charge < -0.3 is 10.1 Å². The smallest absolute Gasteiger partial charge is 0.263 e. The van der Waals surface area contributed by atoms with Gasteiger partial charge in [-0.15, -0.1) is 11.3 Å². The van der Waals surface area contributed by atoms with Crippen LogP contribution in [0.4, 0.5) is 0 Å². The molecule has 1 aromatic carbocycles. The number of ether oxygens (including phenoxy) is 1. The standard InChI is InChI=1S/C14H16ClNO2S/c1-4-8(2)16-14(17)13-12(15)10-7-9(18-3)5-6-11(10)19-13/h5-8H,4H2,1-3H3,(H,16,17). The molecule has 0 spiro atoms. The van der Waals surface area contributed by atoms with Gasteiger partial charge in [0.1, 0.15) is 10.6 Å². The molecule has 0 saturated heterocycles. The first-order valence-electron chi connectivity index (χ1n) is 6.13. The number of benzene rings is 1. The van der Waals surface area contributed by atoms with Crippen LogP contribution in [-0.2, 0) is 0 Å². The molecule has 0 aliphatic heterocycles. The lowest BCUT2D eigenvalue weighted by molar-refractivity contribution is 0.0943. The minimum absolute atomic E-state index is 0.112. The molecule has 0 aliphatic rings. The predicted molar refractivity (Wildman–Crippen MR) is 80.6 cm³/mol. The highest BCUT2D eigenvalue weighted by molar-refractivity contribution is 7.21. The Labute approximate surface area is 121 Å². The fourth-order valence-electron chi connectivity index (χ4n) is 1.71. The lowest BCUT2D eigenvalue weighted by Gasteiger charge is -2.10. The van der Waals surface area contributed by atoms with Crippen LogP contribution in [0.3, 0.4) is 0 Å². The van der Waals surface area contributed by atoms with Crippen molar-refractivity contribution in [1.82, 2.24) is 5.32 Å². The number of fused-ring (bicyclic) bond motifs is 1. The third-order valence-corrected chi connectivity index (χ3v) is 4.70. The van der Waals surface area contributed by atoms with Crippen LogP contribution < -0.4 is 10.1 Å². The van der Waals surface area contributed by atoms with Crippen LogP contribution >= 0.6 is 22.9 Å². The first-order chi connectivity index (χ1) is 9.06. The Kier molecular flexibility index (Phi) is 4.32. The number of methoxy groups -OCH3 is 1. The molecule has 2 rings (SSSR count). The van der Waals surface area contributed by atoms with Gasteiger partial charge in [-0.25, -0.2) is 0 Å². The second-order valence-corrected chi connectivity index (χ2v) is 5.82. The van der Waals surface area contributed by atoms with Crippen LogP contribution in [0.5, 0.6) is 5.75 Å². The van der Waals surface area contributed by atoms with Crippen molar-refractivity contribution in [3.63, 3.8) is 0 Å². The van der Waals surface area contributed by atoms with Gasteiger partial charge in [0, 0.05) is 16.1 Å². The molecular formula is C14H16ClNO2S. The maximum absolute atomic E-state index is 12.1. The topological polar surface area (TPSA) is 38.3 Å². The van der Waals surface area contributed by atoms with Crippen LogP contribution in [-0.4, -0.2) is 19.1 Å². The number of amides is 1. The van der Waals surface area contributed by atoms with Crippen molar-refractivity contribution in [2.45, 2.75) is 26.3 Å². The van der Waals surface area contributed by atoms with Crippen LogP contribution in [0.15, 0.2) is 18.2 Å². The van der Waals surface area contributed by atoms with E-state index in [4.69, 9.17) is 16.3 Å². The van der Waals surface area contributed by atoms with Crippen LogP contribution in [0, 0.1) is 0 Å². The average molecular weight is 298 g/mol. The molecule has 102 valence electrons. The summed E-state index contributed by atoms with van der Waals surface area (Å²) in [6.45, 7) is 4.00. The first-order valence-corrected chi connectivity index (χ1v) is 7.33. The summed E-state index contributed by atoms with van der Waals surface area (Å²) in [5.41, 5.74) is 0. The second-order valence-electron chi connectivity index (χ2n) is 4.39. The van der Waals surface area contributed by atoms with E-state index in [2.05, 4.69) is 5.32 Å². The highest BCUT2D eigenvalue weighted by Crippen LogP contribution is 2.37. The van der Waals surface area contributed by atoms with Crippen LogP contribution in [0.1, 0.15) is 29.9 Å². The largest absolute Gasteiger partial charge is 0.497 e. The zero-order chi connectivity index (χ0) is 14.0. The van der Waals surface area contributed by atoms with E-state index in [9.17, 15) is 4.79 Å². The molecule has 0 saturated carbocycles. The summed E-state index contributed by atoms with van der Waals surface area (Å²) in [5, 5.41) is 4.29. The highest BCUT2D eigenvalue weighted by atomic mass is 35.5. The monoisotopic (exact) mass is 297 g/mol. The maximum Gasteiger partial charge on any atom is 0.263 e. The predicted octanol–water partition coefficient (Wildman–Crippen LogP) is 4.09. The molecule has 19 heavy (non-hydrogen) atoms. The Bertz CT molecular complexity index is 609. The molecule has 0 fully saturated rings.